The Balaban J connectivity index is 2.28. The molecular weight excluding hydrogens is 260 g/mol. The molecule has 0 saturated carbocycles. The first kappa shape index (κ1) is 10.9. The van der Waals surface area contributed by atoms with Crippen LogP contribution in [0.4, 0.5) is 0 Å². The highest BCUT2D eigenvalue weighted by Crippen LogP contribution is 2.39. The van der Waals surface area contributed by atoms with Crippen molar-refractivity contribution in [2.75, 3.05) is 0 Å². The Morgan fingerprint density at radius 3 is 2.45 bits per heavy atom. The second kappa shape index (κ2) is 3.54. The van der Waals surface area contributed by atoms with Gasteiger partial charge in [-0.2, -0.15) is 0 Å². The summed E-state index contributed by atoms with van der Waals surface area (Å²) in [5, 5.41) is 20.7. The van der Waals surface area contributed by atoms with Gasteiger partial charge in [0.2, 0.25) is 5.58 Å². The maximum absolute atomic E-state index is 11.3. The Kier molecular flexibility index (Phi) is 1.93. The van der Waals surface area contributed by atoms with Crippen molar-refractivity contribution in [3.05, 3.63) is 46.6 Å². The highest BCUT2D eigenvalue weighted by Gasteiger charge is 2.17. The van der Waals surface area contributed by atoms with Gasteiger partial charge in [-0.3, -0.25) is 4.79 Å². The third-order valence-corrected chi connectivity index (χ3v) is 3.26. The van der Waals surface area contributed by atoms with Crippen LogP contribution in [0.1, 0.15) is 0 Å². The summed E-state index contributed by atoms with van der Waals surface area (Å²) in [5.74, 6) is -0.110. The molecule has 0 aliphatic carbocycles. The summed E-state index contributed by atoms with van der Waals surface area (Å²) in [5.41, 5.74) is 1.12. The van der Waals surface area contributed by atoms with Crippen molar-refractivity contribution >= 4 is 33.1 Å². The molecule has 0 radical (unpaired) electrons. The van der Waals surface area contributed by atoms with Crippen LogP contribution >= 0.6 is 0 Å². The fraction of sp³-hybridized carbons (Fsp3) is 0. The molecule has 5 heteroatoms. The van der Waals surface area contributed by atoms with Gasteiger partial charge in [0.05, 0.1) is 10.8 Å². The first-order chi connectivity index (χ1) is 9.63. The van der Waals surface area contributed by atoms with Gasteiger partial charge in [-0.25, -0.2) is 0 Å². The molecule has 2 aromatic carbocycles. The first-order valence-electron chi connectivity index (χ1n) is 5.94. The highest BCUT2D eigenvalue weighted by atomic mass is 16.4. The molecule has 0 amide bonds. The lowest BCUT2D eigenvalue weighted by molar-refractivity contribution is 0.465. The summed E-state index contributed by atoms with van der Waals surface area (Å²) < 4.78 is 11.2. The van der Waals surface area contributed by atoms with Crippen LogP contribution < -0.4 is 5.43 Å². The van der Waals surface area contributed by atoms with Gasteiger partial charge in [0, 0.05) is 6.07 Å². The number of fused-ring (bicyclic) bond motifs is 4. The molecule has 4 rings (SSSR count). The van der Waals surface area contributed by atoms with E-state index in [1.54, 1.807) is 12.1 Å². The van der Waals surface area contributed by atoms with Crippen LogP contribution in [0.25, 0.3) is 33.1 Å². The molecule has 98 valence electrons. The second-order valence-electron chi connectivity index (χ2n) is 4.55. The zero-order valence-corrected chi connectivity index (χ0v) is 10.1. The Bertz CT molecular complexity index is 1040. The van der Waals surface area contributed by atoms with E-state index in [0.29, 0.717) is 27.5 Å². The number of hydrogen-bond donors (Lipinski definition) is 2. The molecule has 0 fully saturated rings. The molecule has 5 nitrogen and oxygen atoms in total. The largest absolute Gasteiger partial charge is 0.508 e. The molecule has 2 heterocycles. The molecule has 0 saturated heterocycles. The van der Waals surface area contributed by atoms with Crippen LogP contribution in [0.2, 0.25) is 0 Å². The lowest BCUT2D eigenvalue weighted by atomic mass is 10.2. The molecule has 0 aliphatic rings. The number of furan rings is 1. The Labute approximate surface area is 111 Å². The zero-order valence-electron chi connectivity index (χ0n) is 10.1. The summed E-state index contributed by atoms with van der Waals surface area (Å²) in [4.78, 5) is 11.3. The van der Waals surface area contributed by atoms with E-state index >= 15 is 0 Å². The van der Waals surface area contributed by atoms with Crippen molar-refractivity contribution in [2.45, 2.75) is 0 Å². The molecule has 4 aromatic rings. The monoisotopic (exact) mass is 268 g/mol. The van der Waals surface area contributed by atoms with E-state index in [-0.39, 0.29) is 22.5 Å². The smallest absolute Gasteiger partial charge is 0.213 e. The van der Waals surface area contributed by atoms with Crippen LogP contribution in [0.5, 0.6) is 11.5 Å². The van der Waals surface area contributed by atoms with Crippen molar-refractivity contribution < 1.29 is 19.0 Å². The quantitative estimate of drug-likeness (QED) is 0.512. The van der Waals surface area contributed by atoms with E-state index in [2.05, 4.69) is 0 Å². The predicted octanol–water partition coefficient (Wildman–Crippen LogP) is 3.10. The van der Waals surface area contributed by atoms with E-state index in [9.17, 15) is 15.0 Å². The topological polar surface area (TPSA) is 83.8 Å². The molecule has 2 N–H and O–H groups in total. The van der Waals surface area contributed by atoms with Gasteiger partial charge in [-0.05, 0) is 30.3 Å². The maximum Gasteiger partial charge on any atom is 0.213 e. The number of phenolic OH excluding ortho intramolecular Hbond substituents is 1. The molecule has 20 heavy (non-hydrogen) atoms. The molecule has 0 aliphatic heterocycles. The Morgan fingerprint density at radius 1 is 0.800 bits per heavy atom. The fourth-order valence-corrected chi connectivity index (χ4v) is 2.33. The van der Waals surface area contributed by atoms with E-state index in [0.717, 1.165) is 0 Å². The number of hydrogen-bond acceptors (Lipinski definition) is 5. The minimum absolute atomic E-state index is 0.0142. The second-order valence-corrected chi connectivity index (χ2v) is 4.55. The summed E-state index contributed by atoms with van der Waals surface area (Å²) in [7, 11) is 0. The van der Waals surface area contributed by atoms with Crippen molar-refractivity contribution in [1.82, 2.24) is 0 Å². The van der Waals surface area contributed by atoms with Gasteiger partial charge in [0.25, 0.3) is 0 Å². The average molecular weight is 268 g/mol. The predicted molar refractivity (Wildman–Crippen MR) is 73.1 cm³/mol. The fourth-order valence-electron chi connectivity index (χ4n) is 2.33. The molecule has 0 spiro atoms. The van der Waals surface area contributed by atoms with Gasteiger partial charge in [0.1, 0.15) is 16.9 Å². The van der Waals surface area contributed by atoms with Crippen LogP contribution in [0.15, 0.2) is 50.0 Å². The van der Waals surface area contributed by atoms with Gasteiger partial charge in [0.15, 0.2) is 16.8 Å². The summed E-state index contributed by atoms with van der Waals surface area (Å²) in [6, 6.07) is 8.76. The summed E-state index contributed by atoms with van der Waals surface area (Å²) >= 11 is 0. The lowest BCUT2D eigenvalue weighted by Gasteiger charge is -2.01. The van der Waals surface area contributed by atoms with Crippen LogP contribution in [0.3, 0.4) is 0 Å². The van der Waals surface area contributed by atoms with Gasteiger partial charge >= 0.3 is 0 Å². The number of rotatable bonds is 0. The maximum atomic E-state index is 11.3. The molecular formula is C15H8O5. The SMILES string of the molecule is O=c1ccc2c(c1)oc1c(O)c3cc(O)ccc3oc12. The van der Waals surface area contributed by atoms with Crippen molar-refractivity contribution in [2.24, 2.45) is 0 Å². The lowest BCUT2D eigenvalue weighted by Crippen LogP contribution is -1.92. The minimum atomic E-state index is -0.182. The zero-order chi connectivity index (χ0) is 13.9. The molecule has 0 atom stereocenters. The summed E-state index contributed by atoms with van der Waals surface area (Å²) in [6.45, 7) is 0. The van der Waals surface area contributed by atoms with Gasteiger partial charge in [-0.15, -0.1) is 0 Å². The van der Waals surface area contributed by atoms with Crippen molar-refractivity contribution in [3.63, 3.8) is 0 Å². The number of benzene rings is 2. The Morgan fingerprint density at radius 2 is 1.60 bits per heavy atom. The van der Waals surface area contributed by atoms with Crippen LogP contribution in [-0.2, 0) is 0 Å². The standard InChI is InChI=1S/C15H8O5/c16-7-2-4-11-10(5-7)13(18)15-14(19-11)9-3-1-8(17)6-12(9)20-15/h1-6,16,18H. The minimum Gasteiger partial charge on any atom is -0.508 e. The van der Waals surface area contributed by atoms with E-state index in [1.807, 2.05) is 0 Å². The third kappa shape index (κ3) is 1.34. The Hall–Kier alpha value is -2.95. The van der Waals surface area contributed by atoms with Gasteiger partial charge < -0.3 is 19.0 Å². The third-order valence-electron chi connectivity index (χ3n) is 3.26. The normalized spacial score (nSPS) is 11.6. The number of phenols is 1. The van der Waals surface area contributed by atoms with E-state index in [1.165, 1.54) is 24.3 Å². The molecule has 0 bridgehead atoms. The van der Waals surface area contributed by atoms with E-state index < -0.39 is 0 Å². The molecule has 0 unspecified atom stereocenters. The van der Waals surface area contributed by atoms with Crippen LogP contribution in [0, 0.1) is 0 Å². The van der Waals surface area contributed by atoms with Crippen molar-refractivity contribution in [1.29, 1.82) is 0 Å². The summed E-state index contributed by atoms with van der Waals surface area (Å²) in [6.07, 6.45) is 0. The first-order valence-corrected chi connectivity index (χ1v) is 5.94. The van der Waals surface area contributed by atoms with E-state index in [4.69, 9.17) is 8.83 Å². The highest BCUT2D eigenvalue weighted by molar-refractivity contribution is 6.07. The molecule has 2 aromatic heterocycles. The van der Waals surface area contributed by atoms with Crippen LogP contribution in [-0.4, -0.2) is 10.2 Å². The van der Waals surface area contributed by atoms with Gasteiger partial charge in [-0.1, -0.05) is 0 Å². The van der Waals surface area contributed by atoms with Crippen molar-refractivity contribution in [3.8, 4) is 11.5 Å². The number of aromatic hydroxyl groups is 2. The average Bonchev–Trinajstić information content (AvgIpc) is 2.78.